The normalized spacial score (nSPS) is 11.2. The number of nitro groups is 1. The van der Waals surface area contributed by atoms with Crippen molar-refractivity contribution < 1.29 is 13.3 Å². The number of nitrogen functional groups attached to an aromatic ring is 1. The van der Waals surface area contributed by atoms with Crippen molar-refractivity contribution in [3.05, 3.63) is 58.4 Å². The lowest BCUT2D eigenvalue weighted by Gasteiger charge is -2.07. The van der Waals surface area contributed by atoms with Gasteiger partial charge in [0.25, 0.3) is 5.69 Å². The molecule has 0 aliphatic carbocycles. The SMILES string of the molecule is Nc1cc(S(=O)(=O)NCc2ccccn2)ccc1[N+](=O)[O-]. The maximum atomic E-state index is 12.1. The molecule has 0 unspecified atom stereocenters. The Hall–Kier alpha value is -2.52. The Kier molecular flexibility index (Phi) is 4.15. The Labute approximate surface area is 120 Å². The predicted octanol–water partition coefficient (Wildman–Crippen LogP) is 1.05. The minimum absolute atomic E-state index is 0.0140. The first-order valence-electron chi connectivity index (χ1n) is 5.83. The lowest BCUT2D eigenvalue weighted by atomic mass is 10.3. The number of rotatable bonds is 5. The molecule has 0 atom stereocenters. The highest BCUT2D eigenvalue weighted by Gasteiger charge is 2.18. The van der Waals surface area contributed by atoms with Crippen LogP contribution in [0.3, 0.4) is 0 Å². The molecule has 0 aliphatic heterocycles. The Morgan fingerprint density at radius 1 is 1.29 bits per heavy atom. The Bertz CT molecular complexity index is 762. The van der Waals surface area contributed by atoms with Crippen LogP contribution in [0, 0.1) is 10.1 Å². The number of sulfonamides is 1. The fourth-order valence-corrected chi connectivity index (χ4v) is 2.65. The number of nitrogens with one attached hydrogen (secondary N) is 1. The lowest BCUT2D eigenvalue weighted by molar-refractivity contribution is -0.383. The van der Waals surface area contributed by atoms with Gasteiger partial charge in [-0.2, -0.15) is 0 Å². The van der Waals surface area contributed by atoms with E-state index in [-0.39, 0.29) is 22.8 Å². The highest BCUT2D eigenvalue weighted by Crippen LogP contribution is 2.24. The number of aromatic nitrogens is 1. The van der Waals surface area contributed by atoms with Crippen LogP contribution in [0.4, 0.5) is 11.4 Å². The zero-order chi connectivity index (χ0) is 15.5. The van der Waals surface area contributed by atoms with Crippen LogP contribution in [0.5, 0.6) is 0 Å². The van der Waals surface area contributed by atoms with Crippen molar-refractivity contribution in [2.45, 2.75) is 11.4 Å². The molecule has 110 valence electrons. The summed E-state index contributed by atoms with van der Waals surface area (Å²) in [6, 6.07) is 8.38. The number of hydrogen-bond donors (Lipinski definition) is 2. The summed E-state index contributed by atoms with van der Waals surface area (Å²) in [7, 11) is -3.82. The number of anilines is 1. The van der Waals surface area contributed by atoms with E-state index in [9.17, 15) is 18.5 Å². The third-order valence-corrected chi connectivity index (χ3v) is 4.07. The van der Waals surface area contributed by atoms with Gasteiger partial charge in [-0.05, 0) is 24.3 Å². The molecule has 3 N–H and O–H groups in total. The molecule has 0 saturated carbocycles. The smallest absolute Gasteiger partial charge is 0.292 e. The van der Waals surface area contributed by atoms with E-state index in [1.54, 1.807) is 24.4 Å². The molecule has 8 nitrogen and oxygen atoms in total. The van der Waals surface area contributed by atoms with Gasteiger partial charge in [-0.15, -0.1) is 0 Å². The van der Waals surface area contributed by atoms with Crippen LogP contribution < -0.4 is 10.5 Å². The largest absolute Gasteiger partial charge is 0.393 e. The molecule has 9 heteroatoms. The summed E-state index contributed by atoms with van der Waals surface area (Å²) in [4.78, 5) is 13.8. The molecular formula is C12H12N4O4S. The van der Waals surface area contributed by atoms with Gasteiger partial charge in [0.2, 0.25) is 10.0 Å². The summed E-state index contributed by atoms with van der Waals surface area (Å²) < 4.78 is 26.5. The number of nitrogens with two attached hydrogens (primary N) is 1. The second kappa shape index (κ2) is 5.85. The Morgan fingerprint density at radius 3 is 2.62 bits per heavy atom. The molecule has 21 heavy (non-hydrogen) atoms. The fraction of sp³-hybridized carbons (Fsp3) is 0.0833. The van der Waals surface area contributed by atoms with Gasteiger partial charge in [-0.1, -0.05) is 6.07 Å². The van der Waals surface area contributed by atoms with E-state index in [1.807, 2.05) is 0 Å². The van der Waals surface area contributed by atoms with E-state index in [0.717, 1.165) is 18.2 Å². The average molecular weight is 308 g/mol. The average Bonchev–Trinajstić information content (AvgIpc) is 2.46. The van der Waals surface area contributed by atoms with E-state index in [0.29, 0.717) is 5.69 Å². The summed E-state index contributed by atoms with van der Waals surface area (Å²) in [5.41, 5.74) is 5.49. The van der Waals surface area contributed by atoms with Crippen LogP contribution in [0.25, 0.3) is 0 Å². The van der Waals surface area contributed by atoms with Crippen molar-refractivity contribution in [3.63, 3.8) is 0 Å². The molecule has 0 fully saturated rings. The molecule has 0 bridgehead atoms. The molecule has 2 rings (SSSR count). The maximum Gasteiger partial charge on any atom is 0.292 e. The molecule has 1 heterocycles. The second-order valence-corrected chi connectivity index (χ2v) is 5.89. The van der Waals surface area contributed by atoms with Gasteiger partial charge in [0.1, 0.15) is 5.69 Å². The fourth-order valence-electron chi connectivity index (χ4n) is 1.62. The van der Waals surface area contributed by atoms with Crippen molar-refractivity contribution >= 4 is 21.4 Å². The Morgan fingerprint density at radius 2 is 2.05 bits per heavy atom. The number of hydrogen-bond acceptors (Lipinski definition) is 6. The molecular weight excluding hydrogens is 296 g/mol. The first-order chi connectivity index (χ1) is 9.90. The van der Waals surface area contributed by atoms with Crippen molar-refractivity contribution in [1.29, 1.82) is 0 Å². The molecule has 0 amide bonds. The van der Waals surface area contributed by atoms with Crippen LogP contribution in [0.1, 0.15) is 5.69 Å². The van der Waals surface area contributed by atoms with E-state index in [1.165, 1.54) is 0 Å². The molecule has 1 aromatic heterocycles. The predicted molar refractivity (Wildman–Crippen MR) is 75.8 cm³/mol. The van der Waals surface area contributed by atoms with E-state index >= 15 is 0 Å². The number of nitro benzene ring substituents is 1. The van der Waals surface area contributed by atoms with Crippen molar-refractivity contribution in [2.75, 3.05) is 5.73 Å². The standard InChI is InChI=1S/C12H12N4O4S/c13-11-7-10(4-5-12(11)16(17)18)21(19,20)15-8-9-3-1-2-6-14-9/h1-7,15H,8,13H2. The summed E-state index contributed by atoms with van der Waals surface area (Å²) in [5.74, 6) is 0. The van der Waals surface area contributed by atoms with E-state index in [4.69, 9.17) is 5.73 Å². The van der Waals surface area contributed by atoms with Gasteiger partial charge in [0.05, 0.1) is 22.1 Å². The van der Waals surface area contributed by atoms with Crippen molar-refractivity contribution in [2.24, 2.45) is 0 Å². The first kappa shape index (κ1) is 14.9. The summed E-state index contributed by atoms with van der Waals surface area (Å²) in [6.07, 6.45) is 1.55. The molecule has 0 radical (unpaired) electrons. The van der Waals surface area contributed by atoms with Crippen molar-refractivity contribution in [1.82, 2.24) is 9.71 Å². The first-order valence-corrected chi connectivity index (χ1v) is 7.32. The molecule has 0 spiro atoms. The van der Waals surface area contributed by atoms with Gasteiger partial charge in [0, 0.05) is 12.3 Å². The lowest BCUT2D eigenvalue weighted by Crippen LogP contribution is -2.23. The minimum Gasteiger partial charge on any atom is -0.393 e. The van der Waals surface area contributed by atoms with Gasteiger partial charge in [-0.3, -0.25) is 15.1 Å². The monoisotopic (exact) mass is 308 g/mol. The zero-order valence-corrected chi connectivity index (χ0v) is 11.6. The van der Waals surface area contributed by atoms with Crippen LogP contribution in [-0.2, 0) is 16.6 Å². The number of pyridine rings is 1. The van der Waals surface area contributed by atoms with Crippen LogP contribution in [0.15, 0.2) is 47.5 Å². The van der Waals surface area contributed by atoms with Gasteiger partial charge < -0.3 is 5.73 Å². The maximum absolute atomic E-state index is 12.1. The number of nitrogens with zero attached hydrogens (tertiary/aromatic N) is 2. The van der Waals surface area contributed by atoms with Crippen LogP contribution in [-0.4, -0.2) is 18.3 Å². The van der Waals surface area contributed by atoms with Gasteiger partial charge in [-0.25, -0.2) is 13.1 Å². The van der Waals surface area contributed by atoms with Crippen LogP contribution in [0.2, 0.25) is 0 Å². The third-order valence-electron chi connectivity index (χ3n) is 2.68. The third kappa shape index (κ3) is 3.52. The highest BCUT2D eigenvalue weighted by atomic mass is 32.2. The highest BCUT2D eigenvalue weighted by molar-refractivity contribution is 7.89. The van der Waals surface area contributed by atoms with E-state index < -0.39 is 14.9 Å². The Balaban J connectivity index is 2.20. The summed E-state index contributed by atoms with van der Waals surface area (Å²) in [5, 5.41) is 10.6. The molecule has 0 aliphatic rings. The molecule has 1 aromatic carbocycles. The molecule has 0 saturated heterocycles. The second-order valence-electron chi connectivity index (χ2n) is 4.12. The van der Waals surface area contributed by atoms with Gasteiger partial charge >= 0.3 is 0 Å². The quantitative estimate of drug-likeness (QED) is 0.482. The summed E-state index contributed by atoms with van der Waals surface area (Å²) in [6.45, 7) is 0.0140. The summed E-state index contributed by atoms with van der Waals surface area (Å²) >= 11 is 0. The minimum atomic E-state index is -3.82. The van der Waals surface area contributed by atoms with E-state index in [2.05, 4.69) is 9.71 Å². The molecule has 2 aromatic rings. The number of benzene rings is 1. The van der Waals surface area contributed by atoms with Crippen molar-refractivity contribution in [3.8, 4) is 0 Å². The topological polar surface area (TPSA) is 128 Å². The zero-order valence-electron chi connectivity index (χ0n) is 10.8. The van der Waals surface area contributed by atoms with Gasteiger partial charge in [0.15, 0.2) is 0 Å². The van der Waals surface area contributed by atoms with Crippen LogP contribution >= 0.6 is 0 Å².